The van der Waals surface area contributed by atoms with Crippen molar-refractivity contribution in [2.75, 3.05) is 0 Å². The van der Waals surface area contributed by atoms with Crippen molar-refractivity contribution in [1.29, 1.82) is 0 Å². The number of benzene rings is 2. The number of nitrogens with one attached hydrogen (secondary N) is 1. The van der Waals surface area contributed by atoms with E-state index < -0.39 is 0 Å². The van der Waals surface area contributed by atoms with Gasteiger partial charge < -0.3 is 0 Å². The Morgan fingerprint density at radius 2 is 1.75 bits per heavy atom. The molecule has 0 spiro atoms. The molecule has 20 heavy (non-hydrogen) atoms. The normalized spacial score (nSPS) is 11.2. The van der Waals surface area contributed by atoms with Crippen molar-refractivity contribution in [1.82, 2.24) is 5.43 Å². The number of hydrogen-bond donors (Lipinski definition) is 1. The van der Waals surface area contributed by atoms with Gasteiger partial charge in [0.25, 0.3) is 0 Å². The van der Waals surface area contributed by atoms with Gasteiger partial charge in [-0.2, -0.15) is 5.10 Å². The van der Waals surface area contributed by atoms with Crippen molar-refractivity contribution < 1.29 is 4.79 Å². The van der Waals surface area contributed by atoms with E-state index in [1.165, 1.54) is 0 Å². The monoisotopic (exact) mass is 330 g/mol. The third-order valence-corrected chi connectivity index (χ3v) is 3.35. The summed E-state index contributed by atoms with van der Waals surface area (Å²) in [6, 6.07) is 17.4. The summed E-state index contributed by atoms with van der Waals surface area (Å²) in [6.45, 7) is 1.87. The molecule has 0 heterocycles. The third kappa shape index (κ3) is 4.31. The summed E-state index contributed by atoms with van der Waals surface area (Å²) in [7, 11) is 0. The second-order valence-electron chi connectivity index (χ2n) is 4.40. The number of hydrazone groups is 1. The zero-order valence-corrected chi connectivity index (χ0v) is 12.7. The SMILES string of the molecule is CC(=NNC(=O)Cc1ccccc1)c1ccc(Br)cc1. The number of carbonyl (C=O) groups is 1. The highest BCUT2D eigenvalue weighted by Gasteiger charge is 2.02. The van der Waals surface area contributed by atoms with E-state index in [4.69, 9.17) is 0 Å². The Hall–Kier alpha value is -1.94. The predicted octanol–water partition coefficient (Wildman–Crippen LogP) is 3.53. The van der Waals surface area contributed by atoms with Crippen LogP contribution in [0.2, 0.25) is 0 Å². The van der Waals surface area contributed by atoms with Crippen molar-refractivity contribution in [3.8, 4) is 0 Å². The van der Waals surface area contributed by atoms with Crippen LogP contribution >= 0.6 is 15.9 Å². The molecule has 2 aromatic rings. The van der Waals surface area contributed by atoms with E-state index in [1.54, 1.807) is 0 Å². The van der Waals surface area contributed by atoms with Gasteiger partial charge in [0.15, 0.2) is 0 Å². The summed E-state index contributed by atoms with van der Waals surface area (Å²) < 4.78 is 1.02. The summed E-state index contributed by atoms with van der Waals surface area (Å²) in [4.78, 5) is 11.8. The van der Waals surface area contributed by atoms with E-state index in [2.05, 4.69) is 26.5 Å². The van der Waals surface area contributed by atoms with E-state index in [0.717, 1.165) is 21.3 Å². The molecular weight excluding hydrogens is 316 g/mol. The molecule has 0 bridgehead atoms. The first-order valence-electron chi connectivity index (χ1n) is 6.28. The van der Waals surface area contributed by atoms with Crippen LogP contribution in [0.3, 0.4) is 0 Å². The molecule has 2 rings (SSSR count). The van der Waals surface area contributed by atoms with Crippen LogP contribution in [0.15, 0.2) is 64.2 Å². The van der Waals surface area contributed by atoms with Crippen LogP contribution in [0, 0.1) is 0 Å². The van der Waals surface area contributed by atoms with Crippen molar-refractivity contribution in [2.24, 2.45) is 5.10 Å². The molecule has 1 N–H and O–H groups in total. The molecule has 0 aliphatic carbocycles. The van der Waals surface area contributed by atoms with Crippen LogP contribution in [0.1, 0.15) is 18.1 Å². The van der Waals surface area contributed by atoms with Gasteiger partial charge in [0.2, 0.25) is 5.91 Å². The van der Waals surface area contributed by atoms with Crippen LogP contribution < -0.4 is 5.43 Å². The van der Waals surface area contributed by atoms with Crippen molar-refractivity contribution in [2.45, 2.75) is 13.3 Å². The zero-order chi connectivity index (χ0) is 14.4. The highest BCUT2D eigenvalue weighted by Crippen LogP contribution is 2.11. The zero-order valence-electron chi connectivity index (χ0n) is 11.1. The Labute approximate surface area is 126 Å². The van der Waals surface area contributed by atoms with Crippen molar-refractivity contribution >= 4 is 27.5 Å². The number of rotatable bonds is 4. The quantitative estimate of drug-likeness (QED) is 0.676. The molecule has 102 valence electrons. The van der Waals surface area contributed by atoms with Crippen LogP contribution in [-0.2, 0) is 11.2 Å². The lowest BCUT2D eigenvalue weighted by molar-refractivity contribution is -0.120. The minimum atomic E-state index is -0.118. The average molecular weight is 331 g/mol. The van der Waals surface area contributed by atoms with Crippen LogP contribution in [-0.4, -0.2) is 11.6 Å². The number of hydrogen-bond acceptors (Lipinski definition) is 2. The third-order valence-electron chi connectivity index (χ3n) is 2.82. The second-order valence-corrected chi connectivity index (χ2v) is 5.32. The highest BCUT2D eigenvalue weighted by molar-refractivity contribution is 9.10. The lowest BCUT2D eigenvalue weighted by Gasteiger charge is -2.03. The topological polar surface area (TPSA) is 41.5 Å². The summed E-state index contributed by atoms with van der Waals surface area (Å²) >= 11 is 3.38. The van der Waals surface area contributed by atoms with Gasteiger partial charge >= 0.3 is 0 Å². The van der Waals surface area contributed by atoms with Crippen molar-refractivity contribution in [3.63, 3.8) is 0 Å². The Morgan fingerprint density at radius 3 is 2.40 bits per heavy atom. The Morgan fingerprint density at radius 1 is 1.10 bits per heavy atom. The first-order chi connectivity index (χ1) is 9.65. The largest absolute Gasteiger partial charge is 0.273 e. The first kappa shape index (κ1) is 14.5. The molecule has 3 nitrogen and oxygen atoms in total. The maximum atomic E-state index is 11.8. The molecule has 0 aliphatic rings. The predicted molar refractivity (Wildman–Crippen MR) is 84.6 cm³/mol. The molecule has 0 radical (unpaired) electrons. The number of amides is 1. The fraction of sp³-hybridized carbons (Fsp3) is 0.125. The summed E-state index contributed by atoms with van der Waals surface area (Å²) in [6.07, 6.45) is 0.331. The lowest BCUT2D eigenvalue weighted by Crippen LogP contribution is -2.21. The smallest absolute Gasteiger partial charge is 0.244 e. The summed E-state index contributed by atoms with van der Waals surface area (Å²) in [5.74, 6) is -0.118. The lowest BCUT2D eigenvalue weighted by atomic mass is 10.1. The maximum absolute atomic E-state index is 11.8. The highest BCUT2D eigenvalue weighted by atomic mass is 79.9. The number of halogens is 1. The molecule has 0 fully saturated rings. The summed E-state index contributed by atoms with van der Waals surface area (Å²) in [5, 5.41) is 4.12. The second kappa shape index (κ2) is 7.01. The number of nitrogens with zero attached hydrogens (tertiary/aromatic N) is 1. The van der Waals surface area contributed by atoms with Gasteiger partial charge in [0.05, 0.1) is 12.1 Å². The van der Waals surface area contributed by atoms with Crippen LogP contribution in [0.25, 0.3) is 0 Å². The molecule has 0 saturated carbocycles. The van der Waals surface area contributed by atoms with Crippen LogP contribution in [0.5, 0.6) is 0 Å². The minimum absolute atomic E-state index is 0.118. The fourth-order valence-corrected chi connectivity index (χ4v) is 1.99. The molecule has 0 aliphatic heterocycles. The summed E-state index contributed by atoms with van der Waals surface area (Å²) in [5.41, 5.74) is 5.31. The minimum Gasteiger partial charge on any atom is -0.273 e. The van der Waals surface area contributed by atoms with E-state index >= 15 is 0 Å². The van der Waals surface area contributed by atoms with Crippen LogP contribution in [0.4, 0.5) is 0 Å². The molecule has 0 aromatic heterocycles. The van der Waals surface area contributed by atoms with Gasteiger partial charge in [-0.15, -0.1) is 0 Å². The molecular formula is C16H15BrN2O. The maximum Gasteiger partial charge on any atom is 0.244 e. The van der Waals surface area contributed by atoms with Gasteiger partial charge in [0.1, 0.15) is 0 Å². The number of carbonyl (C=O) groups excluding carboxylic acids is 1. The van der Waals surface area contributed by atoms with Gasteiger partial charge in [-0.1, -0.05) is 58.4 Å². The Balaban J connectivity index is 1.95. The fourth-order valence-electron chi connectivity index (χ4n) is 1.72. The average Bonchev–Trinajstić information content (AvgIpc) is 2.46. The van der Waals surface area contributed by atoms with E-state index in [0.29, 0.717) is 6.42 Å². The molecule has 2 aromatic carbocycles. The molecule has 1 amide bonds. The van der Waals surface area contributed by atoms with Gasteiger partial charge in [-0.05, 0) is 30.2 Å². The molecule has 0 saturated heterocycles. The molecule has 4 heteroatoms. The van der Waals surface area contributed by atoms with Crippen molar-refractivity contribution in [3.05, 3.63) is 70.2 Å². The van der Waals surface area contributed by atoms with E-state index in [-0.39, 0.29) is 5.91 Å². The standard InChI is InChI=1S/C16H15BrN2O/c1-12(14-7-9-15(17)10-8-14)18-19-16(20)11-13-5-3-2-4-6-13/h2-10H,11H2,1H3,(H,19,20). The van der Waals surface area contributed by atoms with E-state index in [1.807, 2.05) is 61.5 Å². The Kier molecular flexibility index (Phi) is 5.07. The van der Waals surface area contributed by atoms with Gasteiger partial charge in [-0.25, -0.2) is 5.43 Å². The first-order valence-corrected chi connectivity index (χ1v) is 7.07. The molecule has 0 unspecified atom stereocenters. The Bertz CT molecular complexity index is 606. The van der Waals surface area contributed by atoms with Gasteiger partial charge in [-0.3, -0.25) is 4.79 Å². The van der Waals surface area contributed by atoms with E-state index in [9.17, 15) is 4.79 Å². The van der Waals surface area contributed by atoms with Gasteiger partial charge in [0, 0.05) is 4.47 Å². The molecule has 0 atom stereocenters.